The van der Waals surface area contributed by atoms with Crippen molar-refractivity contribution in [3.63, 3.8) is 0 Å². The van der Waals surface area contributed by atoms with Crippen molar-refractivity contribution in [3.8, 4) is 0 Å². The molecule has 0 saturated heterocycles. The minimum atomic E-state index is -3.48. The van der Waals surface area contributed by atoms with E-state index in [0.717, 1.165) is 11.5 Å². The Morgan fingerprint density at radius 2 is 2.10 bits per heavy atom. The van der Waals surface area contributed by atoms with Gasteiger partial charge in [0.2, 0.25) is 10.0 Å². The highest BCUT2D eigenvalue weighted by Crippen LogP contribution is 2.48. The van der Waals surface area contributed by atoms with Crippen LogP contribution < -0.4 is 4.72 Å². The third kappa shape index (κ3) is 3.00. The van der Waals surface area contributed by atoms with Crippen LogP contribution in [0, 0.1) is 24.7 Å². The largest absolute Gasteiger partial charge is 0.392 e. The van der Waals surface area contributed by atoms with Crippen LogP contribution in [0.2, 0.25) is 0 Å². The first-order chi connectivity index (χ1) is 9.99. The zero-order chi connectivity index (χ0) is 15.0. The number of sulfonamides is 1. The smallest absolute Gasteiger partial charge is 0.240 e. The van der Waals surface area contributed by atoms with Crippen molar-refractivity contribution in [1.82, 2.24) is 4.72 Å². The number of fused-ring (bicyclic) bond motifs is 2. The summed E-state index contributed by atoms with van der Waals surface area (Å²) in [7, 11) is -3.48. The SMILES string of the molecule is Cc1ccc(S(=O)(=O)NCC2CC3CCC2C3)cc1CO. The number of hydrogen-bond acceptors (Lipinski definition) is 3. The molecule has 0 amide bonds. The van der Waals surface area contributed by atoms with E-state index in [2.05, 4.69) is 4.72 Å². The molecule has 2 saturated carbocycles. The summed E-state index contributed by atoms with van der Waals surface area (Å²) in [6.45, 7) is 2.28. The Morgan fingerprint density at radius 1 is 1.29 bits per heavy atom. The van der Waals surface area contributed by atoms with Gasteiger partial charge in [-0.05, 0) is 67.2 Å². The van der Waals surface area contributed by atoms with Crippen LogP contribution in [0.4, 0.5) is 0 Å². The molecule has 0 spiro atoms. The second kappa shape index (κ2) is 5.71. The molecule has 2 fully saturated rings. The topological polar surface area (TPSA) is 66.4 Å². The maximum atomic E-state index is 12.4. The number of aliphatic hydroxyl groups is 1. The van der Waals surface area contributed by atoms with Crippen LogP contribution in [-0.4, -0.2) is 20.1 Å². The Labute approximate surface area is 126 Å². The van der Waals surface area contributed by atoms with E-state index < -0.39 is 10.0 Å². The first-order valence-corrected chi connectivity index (χ1v) is 9.18. The number of nitrogens with one attached hydrogen (secondary N) is 1. The normalized spacial score (nSPS) is 28.2. The molecule has 4 nitrogen and oxygen atoms in total. The van der Waals surface area contributed by atoms with E-state index >= 15 is 0 Å². The average Bonchev–Trinajstić information content (AvgIpc) is 3.08. The van der Waals surface area contributed by atoms with Crippen LogP contribution in [0.1, 0.15) is 36.8 Å². The van der Waals surface area contributed by atoms with Gasteiger partial charge in [0.25, 0.3) is 0 Å². The molecule has 2 aliphatic rings. The average molecular weight is 309 g/mol. The molecule has 0 heterocycles. The van der Waals surface area contributed by atoms with E-state index in [1.807, 2.05) is 6.92 Å². The molecular formula is C16H23NO3S. The van der Waals surface area contributed by atoms with Gasteiger partial charge >= 0.3 is 0 Å². The molecule has 3 atom stereocenters. The van der Waals surface area contributed by atoms with Crippen molar-refractivity contribution in [3.05, 3.63) is 29.3 Å². The fourth-order valence-electron chi connectivity index (χ4n) is 3.91. The third-order valence-corrected chi connectivity index (χ3v) is 6.64. The predicted octanol–water partition coefficient (Wildman–Crippen LogP) is 2.20. The van der Waals surface area contributed by atoms with Crippen LogP contribution in [0.5, 0.6) is 0 Å². The highest BCUT2D eigenvalue weighted by molar-refractivity contribution is 7.89. The molecule has 0 aromatic heterocycles. The van der Waals surface area contributed by atoms with Crippen LogP contribution in [-0.2, 0) is 16.6 Å². The molecule has 1 aromatic rings. The van der Waals surface area contributed by atoms with Gasteiger partial charge in [0, 0.05) is 6.54 Å². The van der Waals surface area contributed by atoms with Crippen molar-refractivity contribution in [2.45, 2.75) is 44.1 Å². The lowest BCUT2D eigenvalue weighted by Gasteiger charge is -2.21. The van der Waals surface area contributed by atoms with E-state index in [1.165, 1.54) is 25.7 Å². The maximum absolute atomic E-state index is 12.4. The summed E-state index contributed by atoms with van der Waals surface area (Å²) < 4.78 is 27.5. The quantitative estimate of drug-likeness (QED) is 0.876. The molecule has 2 aliphatic carbocycles. The fourth-order valence-corrected chi connectivity index (χ4v) is 5.06. The van der Waals surface area contributed by atoms with Crippen molar-refractivity contribution < 1.29 is 13.5 Å². The van der Waals surface area contributed by atoms with Gasteiger partial charge in [-0.15, -0.1) is 0 Å². The Balaban J connectivity index is 1.69. The molecule has 2 bridgehead atoms. The molecule has 116 valence electrons. The summed E-state index contributed by atoms with van der Waals surface area (Å²) in [5, 5.41) is 9.27. The summed E-state index contributed by atoms with van der Waals surface area (Å²) in [5.41, 5.74) is 1.57. The molecule has 3 unspecified atom stereocenters. The van der Waals surface area contributed by atoms with Crippen molar-refractivity contribution in [2.24, 2.45) is 17.8 Å². The number of benzene rings is 1. The highest BCUT2D eigenvalue weighted by atomic mass is 32.2. The van der Waals surface area contributed by atoms with Gasteiger partial charge in [0.15, 0.2) is 0 Å². The summed E-state index contributed by atoms with van der Waals surface area (Å²) in [4.78, 5) is 0.250. The van der Waals surface area contributed by atoms with Crippen LogP contribution in [0.15, 0.2) is 23.1 Å². The van der Waals surface area contributed by atoms with Gasteiger partial charge in [0.1, 0.15) is 0 Å². The van der Waals surface area contributed by atoms with E-state index in [0.29, 0.717) is 23.9 Å². The molecule has 21 heavy (non-hydrogen) atoms. The van der Waals surface area contributed by atoms with E-state index in [1.54, 1.807) is 18.2 Å². The minimum Gasteiger partial charge on any atom is -0.392 e. The molecule has 0 aliphatic heterocycles. The zero-order valence-corrected chi connectivity index (χ0v) is 13.2. The Kier molecular flexibility index (Phi) is 4.08. The van der Waals surface area contributed by atoms with Crippen LogP contribution in [0.3, 0.4) is 0 Å². The summed E-state index contributed by atoms with van der Waals surface area (Å²) in [5.74, 6) is 2.04. The zero-order valence-electron chi connectivity index (χ0n) is 12.4. The summed E-state index contributed by atoms with van der Waals surface area (Å²) >= 11 is 0. The Hall–Kier alpha value is -0.910. The molecule has 3 rings (SSSR count). The minimum absolute atomic E-state index is 0.137. The van der Waals surface area contributed by atoms with E-state index in [9.17, 15) is 13.5 Å². The summed E-state index contributed by atoms with van der Waals surface area (Å²) in [6.07, 6.45) is 5.04. The number of hydrogen-bond donors (Lipinski definition) is 2. The fraction of sp³-hybridized carbons (Fsp3) is 0.625. The maximum Gasteiger partial charge on any atom is 0.240 e. The van der Waals surface area contributed by atoms with Gasteiger partial charge in [-0.3, -0.25) is 0 Å². The van der Waals surface area contributed by atoms with Gasteiger partial charge in [-0.25, -0.2) is 13.1 Å². The molecule has 0 radical (unpaired) electrons. The van der Waals surface area contributed by atoms with E-state index in [4.69, 9.17) is 0 Å². The lowest BCUT2D eigenvalue weighted by Crippen LogP contribution is -2.31. The predicted molar refractivity (Wildman–Crippen MR) is 81.2 cm³/mol. The number of aryl methyl sites for hydroxylation is 1. The molecule has 1 aromatic carbocycles. The lowest BCUT2D eigenvalue weighted by atomic mass is 9.89. The standard InChI is InChI=1S/C16H23NO3S/c1-11-2-5-16(8-15(11)10-18)21(19,20)17-9-14-7-12-3-4-13(14)6-12/h2,5,8,12-14,17-18H,3-4,6-7,9-10H2,1H3. The van der Waals surface area contributed by atoms with E-state index in [-0.39, 0.29) is 11.5 Å². The molecule has 5 heteroatoms. The van der Waals surface area contributed by atoms with Crippen molar-refractivity contribution in [1.29, 1.82) is 0 Å². The first kappa shape index (κ1) is 15.0. The molecule has 2 N–H and O–H groups in total. The van der Waals surface area contributed by atoms with Crippen LogP contribution in [0.25, 0.3) is 0 Å². The van der Waals surface area contributed by atoms with Gasteiger partial charge in [-0.2, -0.15) is 0 Å². The first-order valence-electron chi connectivity index (χ1n) is 7.69. The second-order valence-electron chi connectivity index (χ2n) is 6.53. The Bertz CT molecular complexity index is 626. The lowest BCUT2D eigenvalue weighted by molar-refractivity contribution is 0.280. The Morgan fingerprint density at radius 3 is 2.71 bits per heavy atom. The third-order valence-electron chi connectivity index (χ3n) is 5.22. The van der Waals surface area contributed by atoms with Gasteiger partial charge < -0.3 is 5.11 Å². The van der Waals surface area contributed by atoms with Gasteiger partial charge in [0.05, 0.1) is 11.5 Å². The number of aliphatic hydroxyl groups excluding tert-OH is 1. The second-order valence-corrected chi connectivity index (χ2v) is 8.30. The number of rotatable bonds is 5. The highest BCUT2D eigenvalue weighted by Gasteiger charge is 2.39. The van der Waals surface area contributed by atoms with Crippen molar-refractivity contribution in [2.75, 3.05) is 6.54 Å². The molecular weight excluding hydrogens is 286 g/mol. The monoisotopic (exact) mass is 309 g/mol. The van der Waals surface area contributed by atoms with Gasteiger partial charge in [-0.1, -0.05) is 12.5 Å². The summed E-state index contributed by atoms with van der Waals surface area (Å²) in [6, 6.07) is 4.92. The van der Waals surface area contributed by atoms with Crippen LogP contribution >= 0.6 is 0 Å². The van der Waals surface area contributed by atoms with Crippen molar-refractivity contribution >= 4 is 10.0 Å².